The normalized spacial score (nSPS) is 13.3. The van der Waals surface area contributed by atoms with Gasteiger partial charge in [0.1, 0.15) is 5.75 Å². The summed E-state index contributed by atoms with van der Waals surface area (Å²) < 4.78 is 33.6. The Morgan fingerprint density at radius 1 is 0.771 bits per heavy atom. The summed E-state index contributed by atoms with van der Waals surface area (Å²) in [7, 11) is 1.51. The molecule has 0 aliphatic carbocycles. The number of benzene rings is 3. The van der Waals surface area contributed by atoms with E-state index in [2.05, 4.69) is 13.8 Å². The largest absolute Gasteiger partial charge is 0.493 e. The monoisotopic (exact) mass is 660 g/mol. The van der Waals surface area contributed by atoms with Gasteiger partial charge in [0.25, 0.3) is 0 Å². The number of hydrogen-bond donors (Lipinski definition) is 0. The Bertz CT molecular complexity index is 1470. The van der Waals surface area contributed by atoms with Gasteiger partial charge in [0.2, 0.25) is 0 Å². The Hall–Kier alpha value is -4.21. The van der Waals surface area contributed by atoms with Gasteiger partial charge in [-0.15, -0.1) is 0 Å². The van der Waals surface area contributed by atoms with Crippen LogP contribution in [0.1, 0.15) is 94.6 Å². The van der Waals surface area contributed by atoms with Crippen molar-refractivity contribution < 1.29 is 42.8 Å². The molecular weight excluding hydrogens is 612 g/mol. The van der Waals surface area contributed by atoms with E-state index in [-0.39, 0.29) is 28.9 Å². The second-order valence-corrected chi connectivity index (χ2v) is 12.2. The van der Waals surface area contributed by atoms with Crippen molar-refractivity contribution in [3.05, 3.63) is 88.5 Å². The van der Waals surface area contributed by atoms with Crippen molar-refractivity contribution in [2.45, 2.75) is 65.2 Å². The van der Waals surface area contributed by atoms with Crippen molar-refractivity contribution in [1.29, 1.82) is 0 Å². The van der Waals surface area contributed by atoms with E-state index < -0.39 is 11.9 Å². The second kappa shape index (κ2) is 19.0. The van der Waals surface area contributed by atoms with Crippen LogP contribution in [0.4, 0.5) is 0 Å². The fourth-order valence-corrected chi connectivity index (χ4v) is 5.36. The van der Waals surface area contributed by atoms with Crippen molar-refractivity contribution >= 4 is 18.2 Å². The molecule has 4 rings (SSSR count). The molecule has 1 saturated heterocycles. The maximum Gasteiger partial charge on any atom is 0.343 e. The molecule has 0 radical (unpaired) electrons. The van der Waals surface area contributed by atoms with Gasteiger partial charge in [-0.1, -0.05) is 44.9 Å². The molecule has 0 saturated carbocycles. The van der Waals surface area contributed by atoms with Crippen molar-refractivity contribution in [3.8, 4) is 17.2 Å². The van der Waals surface area contributed by atoms with Crippen LogP contribution in [-0.2, 0) is 27.1 Å². The first-order valence-electron chi connectivity index (χ1n) is 16.9. The first-order valence-corrected chi connectivity index (χ1v) is 16.9. The lowest BCUT2D eigenvalue weighted by atomic mass is 9.84. The predicted octanol–water partition coefficient (Wildman–Crippen LogP) is 7.46. The number of unbranched alkanes of at least 4 members (excludes halogenated alkanes) is 3. The lowest BCUT2D eigenvalue weighted by molar-refractivity contribution is -0.150. The van der Waals surface area contributed by atoms with Gasteiger partial charge in [-0.2, -0.15) is 0 Å². The van der Waals surface area contributed by atoms with E-state index >= 15 is 0 Å². The Labute approximate surface area is 283 Å². The highest BCUT2D eigenvalue weighted by molar-refractivity contribution is 5.93. The highest BCUT2D eigenvalue weighted by Crippen LogP contribution is 2.32. The van der Waals surface area contributed by atoms with Crippen LogP contribution in [0.5, 0.6) is 17.2 Å². The Kier molecular flexibility index (Phi) is 14.5. The summed E-state index contributed by atoms with van der Waals surface area (Å²) in [4.78, 5) is 37.2. The van der Waals surface area contributed by atoms with Crippen LogP contribution >= 0.6 is 0 Å². The van der Waals surface area contributed by atoms with Crippen LogP contribution in [-0.4, -0.2) is 65.0 Å². The first-order chi connectivity index (χ1) is 23.4. The molecule has 0 bridgehead atoms. The van der Waals surface area contributed by atoms with E-state index in [1.165, 1.54) is 12.7 Å². The summed E-state index contributed by atoms with van der Waals surface area (Å²) in [5.41, 5.74) is 3.14. The van der Waals surface area contributed by atoms with E-state index in [1.807, 2.05) is 12.1 Å². The van der Waals surface area contributed by atoms with Gasteiger partial charge in [0.05, 0.1) is 56.8 Å². The SMILES string of the molecule is CCCc1ccc(C(=O)OCCc2ccc(OC(=O)c3ccc(OCCCCCCOCC4(CC)COC4)c(OC)c3)c(C=O)c2)cc1. The second-order valence-electron chi connectivity index (χ2n) is 12.2. The molecule has 258 valence electrons. The van der Waals surface area contributed by atoms with Crippen LogP contribution in [0.3, 0.4) is 0 Å². The van der Waals surface area contributed by atoms with Crippen LogP contribution < -0.4 is 14.2 Å². The summed E-state index contributed by atoms with van der Waals surface area (Å²) in [6, 6.07) is 17.2. The van der Waals surface area contributed by atoms with Crippen molar-refractivity contribution in [1.82, 2.24) is 0 Å². The summed E-state index contributed by atoms with van der Waals surface area (Å²) in [5.74, 6) is 0.0569. The minimum atomic E-state index is -0.633. The molecule has 0 spiro atoms. The molecule has 0 N–H and O–H groups in total. The van der Waals surface area contributed by atoms with E-state index in [9.17, 15) is 14.4 Å². The minimum Gasteiger partial charge on any atom is -0.493 e. The quantitative estimate of drug-likeness (QED) is 0.0498. The fourth-order valence-electron chi connectivity index (χ4n) is 5.36. The number of hydrogen-bond acceptors (Lipinski definition) is 9. The van der Waals surface area contributed by atoms with Crippen molar-refractivity contribution in [3.63, 3.8) is 0 Å². The molecule has 0 unspecified atom stereocenters. The molecule has 1 fully saturated rings. The molecule has 3 aromatic rings. The number of carbonyl (C=O) groups is 3. The maximum absolute atomic E-state index is 13.0. The molecular formula is C39H48O9. The number of rotatable bonds is 21. The highest BCUT2D eigenvalue weighted by atomic mass is 16.5. The highest BCUT2D eigenvalue weighted by Gasteiger charge is 2.36. The topological polar surface area (TPSA) is 107 Å². The number of aryl methyl sites for hydroxylation is 1. The average molecular weight is 661 g/mol. The molecule has 0 amide bonds. The van der Waals surface area contributed by atoms with Crippen molar-refractivity contribution in [2.75, 3.05) is 46.8 Å². The third-order valence-electron chi connectivity index (χ3n) is 8.57. The van der Waals surface area contributed by atoms with Gasteiger partial charge in [0.15, 0.2) is 17.8 Å². The number of esters is 2. The lowest BCUT2D eigenvalue weighted by Crippen LogP contribution is -2.45. The number of methoxy groups -OCH3 is 1. The minimum absolute atomic E-state index is 0.134. The van der Waals surface area contributed by atoms with E-state index in [0.29, 0.717) is 36.4 Å². The van der Waals surface area contributed by atoms with E-state index in [4.69, 9.17) is 28.4 Å². The molecule has 0 aromatic heterocycles. The average Bonchev–Trinajstić information content (AvgIpc) is 3.09. The third-order valence-corrected chi connectivity index (χ3v) is 8.57. The van der Waals surface area contributed by atoms with Gasteiger partial charge in [-0.05, 0) is 85.7 Å². The molecule has 48 heavy (non-hydrogen) atoms. The summed E-state index contributed by atoms with van der Waals surface area (Å²) in [5, 5.41) is 0. The molecule has 1 aliphatic heterocycles. The van der Waals surface area contributed by atoms with Gasteiger partial charge < -0.3 is 28.4 Å². The van der Waals surface area contributed by atoms with Crippen LogP contribution in [0.2, 0.25) is 0 Å². The van der Waals surface area contributed by atoms with Crippen LogP contribution in [0, 0.1) is 5.41 Å². The third kappa shape index (κ3) is 10.7. The molecule has 1 aliphatic rings. The lowest BCUT2D eigenvalue weighted by Gasteiger charge is -2.40. The van der Waals surface area contributed by atoms with Gasteiger partial charge in [-0.3, -0.25) is 4.79 Å². The summed E-state index contributed by atoms with van der Waals surface area (Å²) in [6.07, 6.45) is 8.11. The Morgan fingerprint density at radius 3 is 2.15 bits per heavy atom. The molecule has 3 aromatic carbocycles. The smallest absolute Gasteiger partial charge is 0.343 e. The van der Waals surface area contributed by atoms with Crippen LogP contribution in [0.15, 0.2) is 60.7 Å². The zero-order valence-electron chi connectivity index (χ0n) is 28.4. The zero-order valence-corrected chi connectivity index (χ0v) is 28.4. The molecule has 1 heterocycles. The van der Waals surface area contributed by atoms with Gasteiger partial charge in [0, 0.05) is 18.4 Å². The maximum atomic E-state index is 13.0. The summed E-state index contributed by atoms with van der Waals surface area (Å²) >= 11 is 0. The van der Waals surface area contributed by atoms with Gasteiger partial charge >= 0.3 is 11.9 Å². The fraction of sp³-hybridized carbons (Fsp3) is 0.462. The van der Waals surface area contributed by atoms with E-state index in [1.54, 1.807) is 48.5 Å². The number of ether oxygens (including phenoxy) is 6. The molecule has 9 nitrogen and oxygen atoms in total. The standard InChI is InChI=1S/C39H48O9/c1-4-10-29-11-14-31(15-12-29)37(41)47-22-19-30-13-17-34(33(23-30)25-40)48-38(42)32-16-18-35(36(24-32)43-3)46-21-9-7-6-8-20-44-26-39(5-2)27-45-28-39/h11-18,23-25H,4-10,19-22,26-28H2,1-3H3. The van der Waals surface area contributed by atoms with Crippen LogP contribution in [0.25, 0.3) is 0 Å². The first kappa shape index (κ1) is 36.6. The molecule has 0 atom stereocenters. The molecule has 9 heteroatoms. The number of aldehydes is 1. The Morgan fingerprint density at radius 2 is 1.48 bits per heavy atom. The number of carbonyl (C=O) groups excluding carboxylic acids is 3. The van der Waals surface area contributed by atoms with Crippen molar-refractivity contribution in [2.24, 2.45) is 5.41 Å². The summed E-state index contributed by atoms with van der Waals surface area (Å²) in [6.45, 7) is 8.11. The Balaban J connectivity index is 1.19. The zero-order chi connectivity index (χ0) is 34.2. The predicted molar refractivity (Wildman–Crippen MR) is 183 cm³/mol. The van der Waals surface area contributed by atoms with E-state index in [0.717, 1.165) is 76.9 Å². The van der Waals surface area contributed by atoms with Gasteiger partial charge in [-0.25, -0.2) is 9.59 Å².